The second kappa shape index (κ2) is 2.21. The quantitative estimate of drug-likeness (QED) is 0.398. The van der Waals surface area contributed by atoms with Crippen molar-refractivity contribution < 1.29 is 14.5 Å². The van der Waals surface area contributed by atoms with Gasteiger partial charge in [-0.1, -0.05) is 0 Å². The molecule has 1 heterocycles. The number of hydrogen-bond donors (Lipinski definition) is 0. The standard InChI is InChI=1S/C5H4N2O2/c8-5(9)7-3-1-6-2-4-7/h1-4H. The SMILES string of the molecule is O=C([O-])[n+]1ccncc1. The molecule has 0 N–H and O–H groups in total. The zero-order valence-corrected chi connectivity index (χ0v) is 4.52. The average Bonchev–Trinajstić information content (AvgIpc) is 1.90. The molecule has 0 saturated heterocycles. The first-order valence-electron chi connectivity index (χ1n) is 2.33. The summed E-state index contributed by atoms with van der Waals surface area (Å²) in [5.74, 6) is 0. The van der Waals surface area contributed by atoms with Crippen LogP contribution in [0, 0.1) is 0 Å². The summed E-state index contributed by atoms with van der Waals surface area (Å²) in [5, 5.41) is 10.0. The van der Waals surface area contributed by atoms with Gasteiger partial charge in [-0.15, -0.1) is 4.57 Å². The highest BCUT2D eigenvalue weighted by Gasteiger charge is 1.95. The summed E-state index contributed by atoms with van der Waals surface area (Å²) in [6.45, 7) is 0. The van der Waals surface area contributed by atoms with Crippen molar-refractivity contribution >= 4 is 6.09 Å². The van der Waals surface area contributed by atoms with Crippen LogP contribution in [0.2, 0.25) is 0 Å². The van der Waals surface area contributed by atoms with E-state index in [0.717, 1.165) is 4.57 Å². The minimum absolute atomic E-state index is 0.910. The van der Waals surface area contributed by atoms with Crippen molar-refractivity contribution in [1.82, 2.24) is 4.98 Å². The topological polar surface area (TPSA) is 56.9 Å². The highest BCUT2D eigenvalue weighted by molar-refractivity contribution is 5.50. The molecule has 0 bridgehead atoms. The number of carbonyl (C=O) groups is 1. The zero-order valence-electron chi connectivity index (χ0n) is 4.52. The summed E-state index contributed by atoms with van der Waals surface area (Å²) < 4.78 is 0.910. The maximum absolute atomic E-state index is 10.0. The van der Waals surface area contributed by atoms with E-state index in [9.17, 15) is 9.90 Å². The predicted molar refractivity (Wildman–Crippen MR) is 25.2 cm³/mol. The normalized spacial score (nSPS) is 8.89. The Kier molecular flexibility index (Phi) is 1.40. The van der Waals surface area contributed by atoms with Crippen LogP contribution in [-0.2, 0) is 0 Å². The molecule has 9 heavy (non-hydrogen) atoms. The highest BCUT2D eigenvalue weighted by Crippen LogP contribution is 1.66. The van der Waals surface area contributed by atoms with Gasteiger partial charge < -0.3 is 9.90 Å². The van der Waals surface area contributed by atoms with Crippen LogP contribution in [-0.4, -0.2) is 11.1 Å². The van der Waals surface area contributed by atoms with Crippen molar-refractivity contribution in [3.05, 3.63) is 24.8 Å². The lowest BCUT2D eigenvalue weighted by atomic mass is 10.7. The Morgan fingerprint density at radius 2 is 2.00 bits per heavy atom. The Morgan fingerprint density at radius 3 is 2.33 bits per heavy atom. The van der Waals surface area contributed by atoms with Gasteiger partial charge in [0.2, 0.25) is 0 Å². The molecule has 0 unspecified atom stereocenters. The van der Waals surface area contributed by atoms with Crippen molar-refractivity contribution in [3.8, 4) is 0 Å². The van der Waals surface area contributed by atoms with Crippen LogP contribution in [0.15, 0.2) is 24.8 Å². The molecule has 1 aromatic heterocycles. The van der Waals surface area contributed by atoms with Gasteiger partial charge in [-0.3, -0.25) is 4.98 Å². The summed E-state index contributed by atoms with van der Waals surface area (Å²) in [5.41, 5.74) is 0. The average molecular weight is 124 g/mol. The monoisotopic (exact) mass is 124 g/mol. The second-order valence-electron chi connectivity index (χ2n) is 1.42. The van der Waals surface area contributed by atoms with Crippen molar-refractivity contribution in [1.29, 1.82) is 0 Å². The number of rotatable bonds is 0. The summed E-state index contributed by atoms with van der Waals surface area (Å²) in [4.78, 5) is 13.6. The lowest BCUT2D eigenvalue weighted by Gasteiger charge is -1.89. The Labute approximate surface area is 51.4 Å². The minimum Gasteiger partial charge on any atom is -0.490 e. The van der Waals surface area contributed by atoms with E-state index in [4.69, 9.17) is 0 Å². The summed E-state index contributed by atoms with van der Waals surface area (Å²) in [6, 6.07) is 0. The fourth-order valence-electron chi connectivity index (χ4n) is 0.442. The molecule has 0 radical (unpaired) electrons. The first-order valence-corrected chi connectivity index (χ1v) is 2.33. The van der Waals surface area contributed by atoms with Crippen molar-refractivity contribution in [2.24, 2.45) is 0 Å². The Bertz CT molecular complexity index is 209. The van der Waals surface area contributed by atoms with Gasteiger partial charge in [0, 0.05) is 0 Å². The zero-order chi connectivity index (χ0) is 6.69. The largest absolute Gasteiger partial charge is 0.490 e. The molecule has 0 aliphatic rings. The van der Waals surface area contributed by atoms with Crippen LogP contribution in [0.4, 0.5) is 4.79 Å². The lowest BCUT2D eigenvalue weighted by Crippen LogP contribution is -2.51. The molecule has 1 rings (SSSR count). The molecule has 1 aromatic rings. The Morgan fingerprint density at radius 1 is 1.44 bits per heavy atom. The maximum atomic E-state index is 10.0. The molecule has 0 fully saturated rings. The molecular weight excluding hydrogens is 120 g/mol. The molecule has 0 aliphatic carbocycles. The second-order valence-corrected chi connectivity index (χ2v) is 1.42. The molecule has 0 spiro atoms. The van der Waals surface area contributed by atoms with E-state index in [1.54, 1.807) is 0 Å². The molecule has 0 aromatic carbocycles. The van der Waals surface area contributed by atoms with Gasteiger partial charge in [-0.05, 0) is 0 Å². The number of hydrogen-bond acceptors (Lipinski definition) is 3. The third kappa shape index (κ3) is 1.22. The van der Waals surface area contributed by atoms with Gasteiger partial charge in [0.1, 0.15) is 0 Å². The number of aromatic nitrogens is 2. The smallest absolute Gasteiger partial charge is 0.343 e. The van der Waals surface area contributed by atoms with Gasteiger partial charge in [0.25, 0.3) is 0 Å². The van der Waals surface area contributed by atoms with Crippen LogP contribution in [0.5, 0.6) is 0 Å². The van der Waals surface area contributed by atoms with E-state index in [0.29, 0.717) is 0 Å². The molecule has 0 saturated carbocycles. The molecule has 4 nitrogen and oxygen atoms in total. The first kappa shape index (κ1) is 5.68. The molecule has 46 valence electrons. The van der Waals surface area contributed by atoms with E-state index < -0.39 is 6.09 Å². The van der Waals surface area contributed by atoms with Crippen LogP contribution in [0.1, 0.15) is 0 Å². The summed E-state index contributed by atoms with van der Waals surface area (Å²) in [6.07, 6.45) is 4.09. The molecule has 0 aliphatic heterocycles. The molecule has 4 heteroatoms. The van der Waals surface area contributed by atoms with E-state index >= 15 is 0 Å². The van der Waals surface area contributed by atoms with Gasteiger partial charge in [-0.2, -0.15) is 0 Å². The van der Waals surface area contributed by atoms with Crippen LogP contribution in [0.25, 0.3) is 0 Å². The minimum atomic E-state index is -1.25. The maximum Gasteiger partial charge on any atom is 0.343 e. The summed E-state index contributed by atoms with van der Waals surface area (Å²) in [7, 11) is 0. The predicted octanol–water partition coefficient (Wildman–Crippen LogP) is -1.44. The highest BCUT2D eigenvalue weighted by atomic mass is 16.4. The van der Waals surface area contributed by atoms with Gasteiger partial charge >= 0.3 is 6.09 Å². The number of carbonyl (C=O) groups excluding carboxylic acids is 1. The van der Waals surface area contributed by atoms with Crippen molar-refractivity contribution in [3.63, 3.8) is 0 Å². The number of nitrogens with zero attached hydrogens (tertiary/aromatic N) is 2. The Balaban J connectivity index is 2.98. The van der Waals surface area contributed by atoms with Crippen molar-refractivity contribution in [2.45, 2.75) is 0 Å². The van der Waals surface area contributed by atoms with Gasteiger partial charge in [0.05, 0.1) is 12.4 Å². The van der Waals surface area contributed by atoms with Crippen LogP contribution >= 0.6 is 0 Å². The van der Waals surface area contributed by atoms with Crippen molar-refractivity contribution in [2.75, 3.05) is 0 Å². The first-order chi connectivity index (χ1) is 4.30. The molecule has 0 amide bonds. The summed E-state index contributed by atoms with van der Waals surface area (Å²) >= 11 is 0. The third-order valence-corrected chi connectivity index (χ3v) is 0.837. The third-order valence-electron chi connectivity index (χ3n) is 0.837. The van der Waals surface area contributed by atoms with E-state index in [-0.39, 0.29) is 0 Å². The number of carboxylic acid groups (broad SMARTS) is 1. The van der Waals surface area contributed by atoms with E-state index in [2.05, 4.69) is 4.98 Å². The fourth-order valence-corrected chi connectivity index (χ4v) is 0.442. The fraction of sp³-hybridized carbons (Fsp3) is 0. The molecular formula is C5H4N2O2. The lowest BCUT2D eigenvalue weighted by molar-refractivity contribution is -0.631. The van der Waals surface area contributed by atoms with Gasteiger partial charge in [-0.25, -0.2) is 0 Å². The Hall–Kier alpha value is -1.45. The van der Waals surface area contributed by atoms with E-state index in [1.165, 1.54) is 24.8 Å². The van der Waals surface area contributed by atoms with Crippen LogP contribution < -0.4 is 9.67 Å². The van der Waals surface area contributed by atoms with Gasteiger partial charge in [0.15, 0.2) is 12.4 Å². The van der Waals surface area contributed by atoms with E-state index in [1.807, 2.05) is 0 Å². The molecule has 0 atom stereocenters. The van der Waals surface area contributed by atoms with Crippen LogP contribution in [0.3, 0.4) is 0 Å².